The van der Waals surface area contributed by atoms with E-state index < -0.39 is 0 Å². The lowest BCUT2D eigenvalue weighted by Crippen LogP contribution is -2.22. The molecule has 4 nitrogen and oxygen atoms in total. The average Bonchev–Trinajstić information content (AvgIpc) is 2.88. The van der Waals surface area contributed by atoms with E-state index in [1.54, 1.807) is 6.07 Å². The molecule has 0 amide bonds. The van der Waals surface area contributed by atoms with Crippen molar-refractivity contribution in [3.05, 3.63) is 65.2 Å². The van der Waals surface area contributed by atoms with Crippen molar-refractivity contribution < 1.29 is 9.53 Å². The van der Waals surface area contributed by atoms with Crippen molar-refractivity contribution in [3.63, 3.8) is 0 Å². The lowest BCUT2D eigenvalue weighted by molar-refractivity contribution is 0.0601. The number of carbonyl (C=O) groups excluding carboxylic acids is 1. The van der Waals surface area contributed by atoms with Crippen LogP contribution in [0.15, 0.2) is 48.5 Å². The van der Waals surface area contributed by atoms with Crippen LogP contribution in [-0.4, -0.2) is 18.1 Å². The maximum atomic E-state index is 11.5. The molecule has 0 radical (unpaired) electrons. The van der Waals surface area contributed by atoms with E-state index in [0.717, 1.165) is 18.8 Å². The number of methoxy groups -OCH3 is 1. The largest absolute Gasteiger partial charge is 0.465 e. The van der Waals surface area contributed by atoms with Gasteiger partial charge in [0.1, 0.15) is 0 Å². The Kier molecular flexibility index (Phi) is 3.39. The Hall–Kier alpha value is -2.33. The molecule has 4 heteroatoms. The van der Waals surface area contributed by atoms with Gasteiger partial charge in [-0.2, -0.15) is 0 Å². The van der Waals surface area contributed by atoms with E-state index in [0.29, 0.717) is 5.56 Å². The van der Waals surface area contributed by atoms with E-state index >= 15 is 0 Å². The molecule has 102 valence electrons. The summed E-state index contributed by atoms with van der Waals surface area (Å²) in [5, 5.41) is 2.13. The summed E-state index contributed by atoms with van der Waals surface area (Å²) >= 11 is 0. The molecule has 2 aromatic carbocycles. The van der Waals surface area contributed by atoms with Gasteiger partial charge in [-0.15, -0.1) is 0 Å². The number of esters is 1. The number of nitrogens with one attached hydrogen (secondary N) is 1. The van der Waals surface area contributed by atoms with Crippen LogP contribution < -0.4 is 5.43 Å². The number of hydrogen-bond acceptors (Lipinski definition) is 4. The van der Waals surface area contributed by atoms with Gasteiger partial charge in [-0.3, -0.25) is 0 Å². The van der Waals surface area contributed by atoms with E-state index in [9.17, 15) is 4.79 Å². The molecule has 1 heterocycles. The molecule has 20 heavy (non-hydrogen) atoms. The summed E-state index contributed by atoms with van der Waals surface area (Å²) in [6.45, 7) is 1.65. The molecule has 0 fully saturated rings. The summed E-state index contributed by atoms with van der Waals surface area (Å²) in [4.78, 5) is 11.5. The van der Waals surface area contributed by atoms with Gasteiger partial charge in [-0.1, -0.05) is 36.4 Å². The second-order valence-corrected chi connectivity index (χ2v) is 4.82. The molecule has 1 N–H and O–H groups in total. The molecule has 0 bridgehead atoms. The highest BCUT2D eigenvalue weighted by molar-refractivity contribution is 5.90. The van der Waals surface area contributed by atoms with E-state index in [-0.39, 0.29) is 5.97 Å². The third-order valence-corrected chi connectivity index (χ3v) is 3.39. The number of anilines is 1. The molecule has 1 aliphatic rings. The molecule has 0 aliphatic carbocycles. The zero-order chi connectivity index (χ0) is 13.9. The molecule has 3 rings (SSSR count). The summed E-state index contributed by atoms with van der Waals surface area (Å²) < 4.78 is 4.74. The van der Waals surface area contributed by atoms with Gasteiger partial charge >= 0.3 is 5.97 Å². The first-order valence-corrected chi connectivity index (χ1v) is 6.53. The standard InChI is InChI=1S/C16H16N2O2/c1-20-16(19)13-7-8-14-11-18(17-15(14)9-13)10-12-5-3-2-4-6-12/h2-9,17H,10-11H2,1H3. The van der Waals surface area contributed by atoms with E-state index in [1.807, 2.05) is 30.3 Å². The van der Waals surface area contributed by atoms with Gasteiger partial charge in [-0.05, 0) is 23.3 Å². The molecular formula is C16H16N2O2. The fourth-order valence-corrected chi connectivity index (χ4v) is 2.38. The van der Waals surface area contributed by atoms with Crippen LogP contribution in [0.5, 0.6) is 0 Å². The zero-order valence-corrected chi connectivity index (χ0v) is 11.3. The second-order valence-electron chi connectivity index (χ2n) is 4.82. The minimum Gasteiger partial charge on any atom is -0.465 e. The van der Waals surface area contributed by atoms with Crippen LogP contribution in [0.4, 0.5) is 5.69 Å². The van der Waals surface area contributed by atoms with E-state index in [2.05, 4.69) is 22.6 Å². The van der Waals surface area contributed by atoms with Crippen molar-refractivity contribution >= 4 is 11.7 Å². The predicted molar refractivity (Wildman–Crippen MR) is 77.1 cm³/mol. The third kappa shape index (κ3) is 2.51. The molecular weight excluding hydrogens is 252 g/mol. The number of nitrogens with zero attached hydrogens (tertiary/aromatic N) is 1. The molecule has 2 aromatic rings. The van der Waals surface area contributed by atoms with Crippen molar-refractivity contribution in [1.29, 1.82) is 0 Å². The lowest BCUT2D eigenvalue weighted by atomic mass is 10.1. The molecule has 0 atom stereocenters. The number of ether oxygens (including phenoxy) is 1. The Morgan fingerprint density at radius 3 is 2.80 bits per heavy atom. The maximum Gasteiger partial charge on any atom is 0.337 e. The van der Waals surface area contributed by atoms with Gasteiger partial charge in [0, 0.05) is 13.1 Å². The summed E-state index contributed by atoms with van der Waals surface area (Å²) in [6.07, 6.45) is 0. The SMILES string of the molecule is COC(=O)c1ccc2c(c1)NN(Cc1ccccc1)C2. The van der Waals surface area contributed by atoms with Crippen molar-refractivity contribution in [1.82, 2.24) is 5.01 Å². The third-order valence-electron chi connectivity index (χ3n) is 3.39. The Labute approximate surface area is 117 Å². The van der Waals surface area contributed by atoms with Gasteiger partial charge in [-0.25, -0.2) is 9.80 Å². The van der Waals surface area contributed by atoms with Crippen molar-refractivity contribution in [2.45, 2.75) is 13.1 Å². The van der Waals surface area contributed by atoms with Crippen molar-refractivity contribution in [2.24, 2.45) is 0 Å². The molecule has 0 aromatic heterocycles. The monoisotopic (exact) mass is 268 g/mol. The zero-order valence-electron chi connectivity index (χ0n) is 11.3. The first-order chi connectivity index (χ1) is 9.76. The highest BCUT2D eigenvalue weighted by Gasteiger charge is 2.19. The van der Waals surface area contributed by atoms with E-state index in [1.165, 1.54) is 18.2 Å². The summed E-state index contributed by atoms with van der Waals surface area (Å²) in [6, 6.07) is 15.9. The summed E-state index contributed by atoms with van der Waals surface area (Å²) in [7, 11) is 1.39. The minimum absolute atomic E-state index is 0.309. The molecule has 1 aliphatic heterocycles. The first-order valence-electron chi connectivity index (χ1n) is 6.53. The van der Waals surface area contributed by atoms with Crippen LogP contribution in [0.1, 0.15) is 21.5 Å². The molecule has 0 unspecified atom stereocenters. The maximum absolute atomic E-state index is 11.5. The number of benzene rings is 2. The van der Waals surface area contributed by atoms with Gasteiger partial charge in [0.2, 0.25) is 0 Å². The van der Waals surface area contributed by atoms with Crippen LogP contribution in [0.25, 0.3) is 0 Å². The Morgan fingerprint density at radius 2 is 2.05 bits per heavy atom. The minimum atomic E-state index is -0.309. The fourth-order valence-electron chi connectivity index (χ4n) is 2.38. The first kappa shape index (κ1) is 12.7. The highest BCUT2D eigenvalue weighted by Crippen LogP contribution is 2.27. The van der Waals surface area contributed by atoms with Gasteiger partial charge in [0.25, 0.3) is 0 Å². The number of fused-ring (bicyclic) bond motifs is 1. The fraction of sp³-hybridized carbons (Fsp3) is 0.188. The lowest BCUT2D eigenvalue weighted by Gasteiger charge is -2.15. The Balaban J connectivity index is 1.74. The van der Waals surface area contributed by atoms with E-state index in [4.69, 9.17) is 4.74 Å². The van der Waals surface area contributed by atoms with Crippen LogP contribution >= 0.6 is 0 Å². The van der Waals surface area contributed by atoms with Crippen LogP contribution in [-0.2, 0) is 17.8 Å². The molecule has 0 spiro atoms. The van der Waals surface area contributed by atoms with Gasteiger partial charge in [0.05, 0.1) is 18.4 Å². The molecule has 0 saturated heterocycles. The van der Waals surface area contributed by atoms with Crippen LogP contribution in [0, 0.1) is 0 Å². The van der Waals surface area contributed by atoms with Gasteiger partial charge < -0.3 is 10.2 Å². The predicted octanol–water partition coefficient (Wildman–Crippen LogP) is 2.82. The topological polar surface area (TPSA) is 41.6 Å². The molecule has 0 saturated carbocycles. The quantitative estimate of drug-likeness (QED) is 0.869. The highest BCUT2D eigenvalue weighted by atomic mass is 16.5. The van der Waals surface area contributed by atoms with Crippen molar-refractivity contribution in [3.8, 4) is 0 Å². The smallest absolute Gasteiger partial charge is 0.337 e. The number of hydrogen-bond donors (Lipinski definition) is 1. The van der Waals surface area contributed by atoms with Crippen LogP contribution in [0.3, 0.4) is 0 Å². The number of rotatable bonds is 3. The van der Waals surface area contributed by atoms with Crippen molar-refractivity contribution in [2.75, 3.05) is 12.5 Å². The number of carbonyl (C=O) groups is 1. The second kappa shape index (κ2) is 5.35. The van der Waals surface area contributed by atoms with Crippen LogP contribution in [0.2, 0.25) is 0 Å². The summed E-state index contributed by atoms with van der Waals surface area (Å²) in [5.74, 6) is -0.309. The Bertz CT molecular complexity index is 626. The Morgan fingerprint density at radius 1 is 1.25 bits per heavy atom. The van der Waals surface area contributed by atoms with Gasteiger partial charge in [0.15, 0.2) is 0 Å². The normalized spacial score (nSPS) is 13.7. The summed E-state index contributed by atoms with van der Waals surface area (Å²) in [5.41, 5.74) is 7.31. The average molecular weight is 268 g/mol. The number of hydrazine groups is 1.